The van der Waals surface area contributed by atoms with Crippen LogP contribution in [-0.2, 0) is 6.42 Å². The van der Waals surface area contributed by atoms with Gasteiger partial charge < -0.3 is 0 Å². The van der Waals surface area contributed by atoms with E-state index in [1.165, 1.54) is 53.7 Å². The summed E-state index contributed by atoms with van der Waals surface area (Å²) in [6.07, 6.45) is 6.55. The highest BCUT2D eigenvalue weighted by Crippen LogP contribution is 2.30. The lowest BCUT2D eigenvalue weighted by atomic mass is 10.0. The minimum atomic E-state index is 1.21. The molecule has 18 heavy (non-hydrogen) atoms. The molecule has 2 rings (SSSR count). The number of benzene rings is 1. The first-order chi connectivity index (χ1) is 8.81. The lowest BCUT2D eigenvalue weighted by molar-refractivity contribution is 0.668. The SMILES string of the molecule is CCCCCCc1ccsc1-c1c[c-]c(C)cc1. The summed E-state index contributed by atoms with van der Waals surface area (Å²) >= 11 is 1.85. The van der Waals surface area contributed by atoms with E-state index in [2.05, 4.69) is 49.6 Å². The average molecular weight is 257 g/mol. The van der Waals surface area contributed by atoms with E-state index in [9.17, 15) is 0 Å². The van der Waals surface area contributed by atoms with Crippen LogP contribution in [-0.4, -0.2) is 0 Å². The van der Waals surface area contributed by atoms with Gasteiger partial charge in [-0.25, -0.2) is 0 Å². The molecule has 1 aromatic heterocycles. The summed E-state index contributed by atoms with van der Waals surface area (Å²) in [4.78, 5) is 1.43. The third kappa shape index (κ3) is 3.46. The topological polar surface area (TPSA) is 0 Å². The Morgan fingerprint density at radius 2 is 2.00 bits per heavy atom. The van der Waals surface area contributed by atoms with Crippen molar-refractivity contribution in [1.82, 2.24) is 0 Å². The van der Waals surface area contributed by atoms with Crippen molar-refractivity contribution in [3.05, 3.63) is 46.8 Å². The van der Waals surface area contributed by atoms with E-state index in [1.54, 1.807) is 0 Å². The van der Waals surface area contributed by atoms with Crippen molar-refractivity contribution < 1.29 is 0 Å². The van der Waals surface area contributed by atoms with Crippen molar-refractivity contribution in [1.29, 1.82) is 0 Å². The van der Waals surface area contributed by atoms with E-state index in [0.717, 1.165) is 0 Å². The first-order valence-electron chi connectivity index (χ1n) is 6.86. The van der Waals surface area contributed by atoms with Crippen LogP contribution in [0.25, 0.3) is 10.4 Å². The summed E-state index contributed by atoms with van der Waals surface area (Å²) in [5.74, 6) is 0. The summed E-state index contributed by atoms with van der Waals surface area (Å²) in [6.45, 7) is 4.35. The maximum atomic E-state index is 3.30. The Morgan fingerprint density at radius 3 is 2.72 bits per heavy atom. The average Bonchev–Trinajstić information content (AvgIpc) is 2.84. The Bertz CT molecular complexity index is 465. The molecule has 0 aliphatic heterocycles. The van der Waals surface area contributed by atoms with Gasteiger partial charge in [0.05, 0.1) is 0 Å². The van der Waals surface area contributed by atoms with Crippen molar-refractivity contribution in [2.24, 2.45) is 0 Å². The summed E-state index contributed by atoms with van der Waals surface area (Å²) < 4.78 is 0. The zero-order chi connectivity index (χ0) is 12.8. The monoisotopic (exact) mass is 257 g/mol. The van der Waals surface area contributed by atoms with Crippen LogP contribution in [0.4, 0.5) is 0 Å². The lowest BCUT2D eigenvalue weighted by Crippen LogP contribution is -1.86. The van der Waals surface area contributed by atoms with Crippen molar-refractivity contribution in [2.75, 3.05) is 0 Å². The lowest BCUT2D eigenvalue weighted by Gasteiger charge is -2.10. The Labute approximate surface area is 115 Å². The van der Waals surface area contributed by atoms with Gasteiger partial charge in [-0.05, 0) is 34.7 Å². The highest BCUT2D eigenvalue weighted by molar-refractivity contribution is 7.13. The molecule has 0 saturated carbocycles. The van der Waals surface area contributed by atoms with Gasteiger partial charge >= 0.3 is 0 Å². The molecule has 0 unspecified atom stereocenters. The normalized spacial score (nSPS) is 10.8. The van der Waals surface area contributed by atoms with E-state index < -0.39 is 0 Å². The largest absolute Gasteiger partial charge is 0.180 e. The third-order valence-electron chi connectivity index (χ3n) is 3.28. The predicted molar refractivity (Wildman–Crippen MR) is 81.2 cm³/mol. The molecule has 0 saturated heterocycles. The molecule has 1 heteroatoms. The molecular weight excluding hydrogens is 236 g/mol. The van der Waals surface area contributed by atoms with Crippen LogP contribution in [0, 0.1) is 13.0 Å². The van der Waals surface area contributed by atoms with Crippen LogP contribution in [0.1, 0.15) is 43.7 Å². The second-order valence-electron chi connectivity index (χ2n) is 4.85. The van der Waals surface area contributed by atoms with Crippen LogP contribution in [0.3, 0.4) is 0 Å². The smallest absolute Gasteiger partial charge is 0.00953 e. The fourth-order valence-corrected chi connectivity index (χ4v) is 3.12. The molecule has 0 fully saturated rings. The maximum Gasteiger partial charge on any atom is -0.00953 e. The number of hydrogen-bond donors (Lipinski definition) is 0. The van der Waals surface area contributed by atoms with E-state index in [4.69, 9.17) is 0 Å². The van der Waals surface area contributed by atoms with Crippen LogP contribution >= 0.6 is 11.3 Å². The van der Waals surface area contributed by atoms with E-state index in [-0.39, 0.29) is 0 Å². The molecule has 0 spiro atoms. The molecule has 0 bridgehead atoms. The van der Waals surface area contributed by atoms with Gasteiger partial charge in [0.15, 0.2) is 0 Å². The molecule has 0 nitrogen and oxygen atoms in total. The first kappa shape index (κ1) is 13.4. The van der Waals surface area contributed by atoms with Crippen LogP contribution in [0.2, 0.25) is 0 Å². The van der Waals surface area contributed by atoms with Gasteiger partial charge in [0.25, 0.3) is 0 Å². The second-order valence-corrected chi connectivity index (χ2v) is 5.76. The quantitative estimate of drug-likeness (QED) is 0.463. The van der Waals surface area contributed by atoms with E-state index in [0.29, 0.717) is 0 Å². The van der Waals surface area contributed by atoms with Gasteiger partial charge in [0, 0.05) is 0 Å². The molecular formula is C17H21S-. The molecule has 0 radical (unpaired) electrons. The molecule has 96 valence electrons. The van der Waals surface area contributed by atoms with Crippen molar-refractivity contribution >= 4 is 11.3 Å². The number of unbranched alkanes of at least 4 members (excludes halogenated alkanes) is 3. The third-order valence-corrected chi connectivity index (χ3v) is 4.28. The molecule has 0 N–H and O–H groups in total. The van der Waals surface area contributed by atoms with E-state index >= 15 is 0 Å². The van der Waals surface area contributed by atoms with Gasteiger partial charge in [0.2, 0.25) is 0 Å². The summed E-state index contributed by atoms with van der Waals surface area (Å²) in [5, 5.41) is 2.21. The van der Waals surface area contributed by atoms with Crippen molar-refractivity contribution in [3.8, 4) is 10.4 Å². The Morgan fingerprint density at radius 1 is 1.11 bits per heavy atom. The van der Waals surface area contributed by atoms with Crippen molar-refractivity contribution in [2.45, 2.75) is 46.0 Å². The van der Waals surface area contributed by atoms with Crippen LogP contribution < -0.4 is 0 Å². The minimum absolute atomic E-state index is 1.21. The summed E-state index contributed by atoms with van der Waals surface area (Å²) in [6, 6.07) is 12.1. The van der Waals surface area contributed by atoms with Gasteiger partial charge in [0.1, 0.15) is 0 Å². The fraction of sp³-hybridized carbons (Fsp3) is 0.412. The summed E-state index contributed by atoms with van der Waals surface area (Å²) in [5.41, 5.74) is 4.04. The highest BCUT2D eigenvalue weighted by Gasteiger charge is 2.02. The second kappa shape index (κ2) is 6.75. The zero-order valence-corrected chi connectivity index (χ0v) is 12.1. The maximum absolute atomic E-state index is 3.30. The molecule has 0 amide bonds. The van der Waals surface area contributed by atoms with Crippen LogP contribution in [0.15, 0.2) is 29.6 Å². The Kier molecular flexibility index (Phi) is 5.00. The Hall–Kier alpha value is -1.08. The first-order valence-corrected chi connectivity index (χ1v) is 7.74. The molecule has 1 aromatic carbocycles. The number of rotatable bonds is 6. The number of aryl methyl sites for hydroxylation is 2. The van der Waals surface area contributed by atoms with Gasteiger partial charge in [-0.15, -0.1) is 5.56 Å². The Balaban J connectivity index is 2.05. The number of thiophene rings is 1. The number of hydrogen-bond acceptors (Lipinski definition) is 1. The van der Waals surface area contributed by atoms with E-state index in [1.807, 2.05) is 11.3 Å². The summed E-state index contributed by atoms with van der Waals surface area (Å²) in [7, 11) is 0. The highest BCUT2D eigenvalue weighted by atomic mass is 32.1. The molecule has 0 aliphatic carbocycles. The van der Waals surface area contributed by atoms with Crippen molar-refractivity contribution in [3.63, 3.8) is 0 Å². The standard InChI is InChI=1S/C17H21S/c1-3-4-5-6-7-15-12-13-18-17(15)16-10-8-14(2)9-11-16/h8,10-13H,3-7H2,1-2H3/q-1. The van der Waals surface area contributed by atoms with Gasteiger partial charge in [-0.3, -0.25) is 0 Å². The fourth-order valence-electron chi connectivity index (χ4n) is 2.17. The van der Waals surface area contributed by atoms with Crippen LogP contribution in [0.5, 0.6) is 0 Å². The van der Waals surface area contributed by atoms with Gasteiger partial charge in [-0.2, -0.15) is 41.2 Å². The molecule has 1 heterocycles. The predicted octanol–water partition coefficient (Wildman–Crippen LogP) is 5.65. The molecule has 0 atom stereocenters. The molecule has 0 aliphatic rings. The molecule has 2 aromatic rings. The zero-order valence-electron chi connectivity index (χ0n) is 11.3. The minimum Gasteiger partial charge on any atom is -0.180 e. The van der Waals surface area contributed by atoms with Gasteiger partial charge in [-0.1, -0.05) is 33.1 Å².